The van der Waals surface area contributed by atoms with Crippen LogP contribution in [0.4, 0.5) is 5.69 Å². The second-order valence-corrected chi connectivity index (χ2v) is 5.69. The number of carbonyl (C=O) groups is 2. The molecule has 2 amide bonds. The molecule has 0 saturated heterocycles. The Morgan fingerprint density at radius 2 is 1.91 bits per heavy atom. The average Bonchev–Trinajstić information content (AvgIpc) is 2.88. The van der Waals surface area contributed by atoms with Gasteiger partial charge in [0.15, 0.2) is 0 Å². The quantitative estimate of drug-likeness (QED) is 0.856. The predicted molar refractivity (Wildman–Crippen MR) is 84.2 cm³/mol. The van der Waals surface area contributed by atoms with Crippen molar-refractivity contribution >= 4 is 40.7 Å². The molecule has 0 aliphatic carbocycles. The lowest BCUT2D eigenvalue weighted by atomic mass is 10.1. The van der Waals surface area contributed by atoms with Crippen LogP contribution >= 0.6 is 23.2 Å². The van der Waals surface area contributed by atoms with Gasteiger partial charge in [0.1, 0.15) is 16.9 Å². The number of hydrogen-bond donors (Lipinski definition) is 1. The van der Waals surface area contributed by atoms with Gasteiger partial charge in [-0.25, -0.2) is 4.98 Å². The third-order valence-electron chi connectivity index (χ3n) is 3.54. The highest BCUT2D eigenvalue weighted by Gasteiger charge is 2.38. The summed E-state index contributed by atoms with van der Waals surface area (Å²) in [5.74, 6) is -1.08. The Hall–Kier alpha value is -2.11. The first kappa shape index (κ1) is 14.8. The van der Waals surface area contributed by atoms with Gasteiger partial charge < -0.3 is 5.73 Å². The van der Waals surface area contributed by atoms with Crippen LogP contribution in [-0.2, 0) is 11.2 Å². The number of aromatic nitrogens is 1. The normalized spacial score (nSPS) is 16.5. The molecule has 0 bridgehead atoms. The maximum atomic E-state index is 12.8. The lowest BCUT2D eigenvalue weighted by Gasteiger charge is -2.23. The summed E-state index contributed by atoms with van der Waals surface area (Å²) in [7, 11) is 0. The fraction of sp³-hybridized carbons (Fsp3) is 0.133. The van der Waals surface area contributed by atoms with E-state index in [4.69, 9.17) is 28.9 Å². The van der Waals surface area contributed by atoms with Crippen LogP contribution in [0.5, 0.6) is 0 Å². The van der Waals surface area contributed by atoms with E-state index < -0.39 is 17.9 Å². The molecule has 1 aliphatic heterocycles. The van der Waals surface area contributed by atoms with Crippen molar-refractivity contribution in [2.24, 2.45) is 5.73 Å². The van der Waals surface area contributed by atoms with Gasteiger partial charge in [0.05, 0.1) is 5.02 Å². The first-order valence-corrected chi connectivity index (χ1v) is 7.27. The van der Waals surface area contributed by atoms with Crippen molar-refractivity contribution in [2.45, 2.75) is 12.5 Å². The zero-order valence-corrected chi connectivity index (χ0v) is 12.8. The summed E-state index contributed by atoms with van der Waals surface area (Å²) in [6.07, 6.45) is 0.370. The van der Waals surface area contributed by atoms with E-state index in [1.54, 1.807) is 12.1 Å². The molecule has 22 heavy (non-hydrogen) atoms. The van der Waals surface area contributed by atoms with Crippen LogP contribution < -0.4 is 10.6 Å². The molecule has 0 saturated carbocycles. The van der Waals surface area contributed by atoms with E-state index in [0.717, 1.165) is 5.56 Å². The smallest absolute Gasteiger partial charge is 0.279 e. The summed E-state index contributed by atoms with van der Waals surface area (Å²) >= 11 is 11.9. The third-order valence-corrected chi connectivity index (χ3v) is 4.05. The van der Waals surface area contributed by atoms with E-state index in [1.807, 2.05) is 12.1 Å². The molecule has 7 heteroatoms. The number of pyridine rings is 1. The standard InChI is InChI=1S/C15H11Cl2N3O2/c16-9-5-6-12(17)19-13(9)15(22)20-10-4-2-1-3-8(10)7-11(20)14(18)21/h1-6,11H,7H2,(H2,18,21)/t11-/m0/s1. The number of halogens is 2. The fourth-order valence-electron chi connectivity index (χ4n) is 2.55. The Morgan fingerprint density at radius 3 is 2.64 bits per heavy atom. The Kier molecular flexibility index (Phi) is 3.76. The molecule has 0 unspecified atom stereocenters. The summed E-state index contributed by atoms with van der Waals surface area (Å²) in [6.45, 7) is 0. The number of benzene rings is 1. The number of amides is 2. The van der Waals surface area contributed by atoms with Crippen molar-refractivity contribution in [3.63, 3.8) is 0 Å². The van der Waals surface area contributed by atoms with Crippen molar-refractivity contribution in [3.05, 3.63) is 57.8 Å². The van der Waals surface area contributed by atoms with Gasteiger partial charge in [0, 0.05) is 12.1 Å². The zero-order valence-electron chi connectivity index (χ0n) is 11.3. The monoisotopic (exact) mass is 335 g/mol. The average molecular weight is 336 g/mol. The highest BCUT2D eigenvalue weighted by molar-refractivity contribution is 6.35. The highest BCUT2D eigenvalue weighted by atomic mass is 35.5. The van der Waals surface area contributed by atoms with Gasteiger partial charge in [-0.2, -0.15) is 0 Å². The Morgan fingerprint density at radius 1 is 1.18 bits per heavy atom. The number of rotatable bonds is 2. The van der Waals surface area contributed by atoms with Crippen LogP contribution in [-0.4, -0.2) is 22.8 Å². The van der Waals surface area contributed by atoms with Crippen LogP contribution in [0, 0.1) is 0 Å². The Bertz CT molecular complexity index is 779. The predicted octanol–water partition coefficient (Wildman–Crippen LogP) is 2.45. The number of para-hydroxylation sites is 1. The molecular weight excluding hydrogens is 325 g/mol. The van der Waals surface area contributed by atoms with Crippen molar-refractivity contribution in [2.75, 3.05) is 4.90 Å². The molecule has 0 radical (unpaired) electrons. The number of fused-ring (bicyclic) bond motifs is 1. The third kappa shape index (κ3) is 2.42. The maximum absolute atomic E-state index is 12.8. The number of primary amides is 1. The minimum Gasteiger partial charge on any atom is -0.368 e. The second kappa shape index (κ2) is 5.59. The highest BCUT2D eigenvalue weighted by Crippen LogP contribution is 2.34. The number of hydrogen-bond acceptors (Lipinski definition) is 3. The fourth-order valence-corrected chi connectivity index (χ4v) is 2.88. The summed E-state index contributed by atoms with van der Waals surface area (Å²) in [6, 6.07) is 9.46. The summed E-state index contributed by atoms with van der Waals surface area (Å²) in [5.41, 5.74) is 6.94. The largest absolute Gasteiger partial charge is 0.368 e. The molecular formula is C15H11Cl2N3O2. The number of nitrogens with two attached hydrogens (primary N) is 1. The van der Waals surface area contributed by atoms with Gasteiger partial charge in [-0.05, 0) is 23.8 Å². The first-order chi connectivity index (χ1) is 10.5. The van der Waals surface area contributed by atoms with Crippen LogP contribution in [0.2, 0.25) is 10.2 Å². The number of carbonyl (C=O) groups excluding carboxylic acids is 2. The van der Waals surface area contributed by atoms with E-state index in [1.165, 1.54) is 17.0 Å². The van der Waals surface area contributed by atoms with Crippen molar-refractivity contribution in [1.29, 1.82) is 0 Å². The molecule has 2 N–H and O–H groups in total. The van der Waals surface area contributed by atoms with Gasteiger partial charge in [-0.3, -0.25) is 14.5 Å². The summed E-state index contributed by atoms with van der Waals surface area (Å²) in [4.78, 5) is 29.8. The first-order valence-electron chi connectivity index (χ1n) is 6.52. The van der Waals surface area contributed by atoms with E-state index in [0.29, 0.717) is 12.1 Å². The van der Waals surface area contributed by atoms with Crippen molar-refractivity contribution in [1.82, 2.24) is 4.98 Å². The van der Waals surface area contributed by atoms with E-state index in [9.17, 15) is 9.59 Å². The second-order valence-electron chi connectivity index (χ2n) is 4.89. The van der Waals surface area contributed by atoms with Gasteiger partial charge in [-0.1, -0.05) is 41.4 Å². The molecule has 112 valence electrons. The molecule has 1 atom stereocenters. The van der Waals surface area contributed by atoms with Gasteiger partial charge in [-0.15, -0.1) is 0 Å². The van der Waals surface area contributed by atoms with Crippen LogP contribution in [0.1, 0.15) is 16.1 Å². The summed E-state index contributed by atoms with van der Waals surface area (Å²) < 4.78 is 0. The maximum Gasteiger partial charge on any atom is 0.279 e. The minimum absolute atomic E-state index is 0.00267. The van der Waals surface area contributed by atoms with E-state index >= 15 is 0 Å². The SMILES string of the molecule is NC(=O)[C@@H]1Cc2ccccc2N1C(=O)c1nc(Cl)ccc1Cl. The van der Waals surface area contributed by atoms with Gasteiger partial charge in [0.25, 0.3) is 5.91 Å². The van der Waals surface area contributed by atoms with Crippen molar-refractivity contribution in [3.8, 4) is 0 Å². The molecule has 1 aliphatic rings. The molecule has 2 aromatic rings. The van der Waals surface area contributed by atoms with Gasteiger partial charge >= 0.3 is 0 Å². The minimum atomic E-state index is -0.762. The Labute approximate surface area is 136 Å². The molecule has 0 fully saturated rings. The van der Waals surface area contributed by atoms with E-state index in [2.05, 4.69) is 4.98 Å². The molecule has 5 nitrogen and oxygen atoms in total. The van der Waals surface area contributed by atoms with Gasteiger partial charge in [0.2, 0.25) is 5.91 Å². The van der Waals surface area contributed by atoms with Crippen LogP contribution in [0.3, 0.4) is 0 Å². The molecule has 0 spiro atoms. The van der Waals surface area contributed by atoms with Crippen molar-refractivity contribution < 1.29 is 9.59 Å². The zero-order chi connectivity index (χ0) is 15.9. The lowest BCUT2D eigenvalue weighted by Crippen LogP contribution is -2.46. The molecule has 2 heterocycles. The number of anilines is 1. The van der Waals surface area contributed by atoms with Crippen LogP contribution in [0.25, 0.3) is 0 Å². The summed E-state index contributed by atoms with van der Waals surface area (Å²) in [5, 5.41) is 0.317. The number of nitrogens with zero attached hydrogens (tertiary/aromatic N) is 2. The van der Waals surface area contributed by atoms with Crippen LogP contribution in [0.15, 0.2) is 36.4 Å². The Balaban J connectivity index is 2.09. The topological polar surface area (TPSA) is 76.3 Å². The van der Waals surface area contributed by atoms with E-state index in [-0.39, 0.29) is 15.9 Å². The molecule has 1 aromatic heterocycles. The molecule has 1 aromatic carbocycles. The molecule has 3 rings (SSSR count). The lowest BCUT2D eigenvalue weighted by molar-refractivity contribution is -0.119.